The summed E-state index contributed by atoms with van der Waals surface area (Å²) in [6.45, 7) is 9.27. The van der Waals surface area contributed by atoms with Crippen LogP contribution in [0.15, 0.2) is 36.4 Å². The lowest BCUT2D eigenvalue weighted by molar-refractivity contribution is 0.208. The van der Waals surface area contributed by atoms with Crippen LogP contribution in [0.2, 0.25) is 5.02 Å². The second kappa shape index (κ2) is 7.36. The number of nitrogens with one attached hydrogen (secondary N) is 1. The number of piperazine rings is 1. The number of nitrogens with zero attached hydrogens (tertiary/aromatic N) is 2. The molecule has 0 aliphatic carbocycles. The van der Waals surface area contributed by atoms with Gasteiger partial charge in [-0.3, -0.25) is 0 Å². The lowest BCUT2D eigenvalue weighted by Crippen LogP contribution is -2.50. The van der Waals surface area contributed by atoms with Gasteiger partial charge in [-0.2, -0.15) is 0 Å². The van der Waals surface area contributed by atoms with Crippen LogP contribution in [0.3, 0.4) is 0 Å². The Morgan fingerprint density at radius 1 is 0.960 bits per heavy atom. The Morgan fingerprint density at radius 2 is 1.60 bits per heavy atom. The van der Waals surface area contributed by atoms with Gasteiger partial charge in [-0.05, 0) is 61.7 Å². The molecule has 0 unspecified atom stereocenters. The normalized spacial score (nSPS) is 14.6. The number of amides is 2. The third-order valence-electron chi connectivity index (χ3n) is 4.56. The second-order valence-corrected chi connectivity index (χ2v) is 7.12. The molecule has 1 aliphatic heterocycles. The molecule has 0 atom stereocenters. The van der Waals surface area contributed by atoms with Crippen molar-refractivity contribution in [2.75, 3.05) is 36.4 Å². The van der Waals surface area contributed by atoms with E-state index in [4.69, 9.17) is 11.6 Å². The minimum absolute atomic E-state index is 0.0695. The fraction of sp³-hybridized carbons (Fsp3) is 0.350. The average Bonchev–Trinajstić information content (AvgIpc) is 2.57. The van der Waals surface area contributed by atoms with Crippen molar-refractivity contribution < 1.29 is 4.79 Å². The first kappa shape index (κ1) is 17.6. The molecule has 132 valence electrons. The van der Waals surface area contributed by atoms with Crippen molar-refractivity contribution in [3.8, 4) is 0 Å². The standard InChI is InChI=1S/C20H24ClN3O/c1-14-10-15(2)12-18(11-14)23-6-8-24(9-7-23)20(25)22-17-5-4-16(3)19(21)13-17/h4-5,10-13H,6-9H2,1-3H3,(H,22,25). The van der Waals surface area contributed by atoms with Crippen molar-refractivity contribution in [2.45, 2.75) is 20.8 Å². The van der Waals surface area contributed by atoms with Gasteiger partial charge < -0.3 is 15.1 Å². The summed E-state index contributed by atoms with van der Waals surface area (Å²) in [6, 6.07) is 12.1. The molecule has 3 rings (SSSR count). The zero-order chi connectivity index (χ0) is 18.0. The molecule has 1 heterocycles. The molecule has 5 heteroatoms. The number of rotatable bonds is 2. The van der Waals surface area contributed by atoms with Crippen LogP contribution in [0.5, 0.6) is 0 Å². The van der Waals surface area contributed by atoms with Crippen LogP contribution in [0, 0.1) is 20.8 Å². The van der Waals surface area contributed by atoms with Gasteiger partial charge in [0.25, 0.3) is 0 Å². The molecule has 0 spiro atoms. The van der Waals surface area contributed by atoms with Gasteiger partial charge in [-0.15, -0.1) is 0 Å². The van der Waals surface area contributed by atoms with Gasteiger partial charge in [0, 0.05) is 42.6 Å². The number of hydrogen-bond donors (Lipinski definition) is 1. The molecule has 0 bridgehead atoms. The van der Waals surface area contributed by atoms with E-state index in [0.29, 0.717) is 18.1 Å². The Labute approximate surface area is 154 Å². The lowest BCUT2D eigenvalue weighted by Gasteiger charge is -2.36. The fourth-order valence-electron chi connectivity index (χ4n) is 3.17. The Kier molecular flexibility index (Phi) is 5.19. The Morgan fingerprint density at radius 3 is 2.20 bits per heavy atom. The number of urea groups is 1. The largest absolute Gasteiger partial charge is 0.368 e. The Balaban J connectivity index is 1.59. The number of halogens is 1. The van der Waals surface area contributed by atoms with E-state index in [9.17, 15) is 4.79 Å². The summed E-state index contributed by atoms with van der Waals surface area (Å²) in [7, 11) is 0. The molecular formula is C20H24ClN3O. The van der Waals surface area contributed by atoms with Crippen molar-refractivity contribution in [1.82, 2.24) is 4.90 Å². The number of carbonyl (C=O) groups excluding carboxylic acids is 1. The summed E-state index contributed by atoms with van der Waals surface area (Å²) in [5.41, 5.74) is 5.51. The predicted molar refractivity (Wildman–Crippen MR) is 105 cm³/mol. The average molecular weight is 358 g/mol. The number of benzene rings is 2. The van der Waals surface area contributed by atoms with Gasteiger partial charge in [0.2, 0.25) is 0 Å². The van der Waals surface area contributed by atoms with Crippen molar-refractivity contribution in [2.24, 2.45) is 0 Å². The molecular weight excluding hydrogens is 334 g/mol. The van der Waals surface area contributed by atoms with E-state index in [2.05, 4.69) is 42.3 Å². The maximum absolute atomic E-state index is 12.5. The maximum atomic E-state index is 12.5. The van der Waals surface area contributed by atoms with Crippen LogP contribution < -0.4 is 10.2 Å². The molecule has 1 N–H and O–H groups in total. The highest BCUT2D eigenvalue weighted by Crippen LogP contribution is 2.22. The third-order valence-corrected chi connectivity index (χ3v) is 4.97. The zero-order valence-electron chi connectivity index (χ0n) is 15.0. The SMILES string of the molecule is Cc1cc(C)cc(N2CCN(C(=O)Nc3ccc(C)c(Cl)c3)CC2)c1. The zero-order valence-corrected chi connectivity index (χ0v) is 15.7. The van der Waals surface area contributed by atoms with E-state index in [1.165, 1.54) is 16.8 Å². The molecule has 1 saturated heterocycles. The summed E-state index contributed by atoms with van der Waals surface area (Å²) >= 11 is 6.12. The molecule has 1 aliphatic rings. The van der Waals surface area contributed by atoms with E-state index in [0.717, 1.165) is 24.3 Å². The van der Waals surface area contributed by atoms with Crippen molar-refractivity contribution in [3.63, 3.8) is 0 Å². The molecule has 2 amide bonds. The summed E-state index contributed by atoms with van der Waals surface area (Å²) < 4.78 is 0. The number of hydrogen-bond acceptors (Lipinski definition) is 2. The highest BCUT2D eigenvalue weighted by molar-refractivity contribution is 6.31. The topological polar surface area (TPSA) is 35.6 Å². The van der Waals surface area contributed by atoms with Crippen LogP contribution in [0.4, 0.5) is 16.2 Å². The van der Waals surface area contributed by atoms with E-state index < -0.39 is 0 Å². The van der Waals surface area contributed by atoms with Crippen LogP contribution in [0.1, 0.15) is 16.7 Å². The van der Waals surface area contributed by atoms with Crippen LogP contribution in [-0.4, -0.2) is 37.1 Å². The van der Waals surface area contributed by atoms with Gasteiger partial charge in [-0.1, -0.05) is 23.7 Å². The Hall–Kier alpha value is -2.20. The molecule has 0 aromatic heterocycles. The lowest BCUT2D eigenvalue weighted by atomic mass is 10.1. The van der Waals surface area contributed by atoms with E-state index in [-0.39, 0.29) is 6.03 Å². The number of aryl methyl sites for hydroxylation is 3. The molecule has 25 heavy (non-hydrogen) atoms. The summed E-state index contributed by atoms with van der Waals surface area (Å²) in [6.07, 6.45) is 0. The smallest absolute Gasteiger partial charge is 0.321 e. The molecule has 2 aromatic carbocycles. The van der Waals surface area contributed by atoms with Crippen molar-refractivity contribution in [3.05, 3.63) is 58.1 Å². The van der Waals surface area contributed by atoms with Crippen molar-refractivity contribution in [1.29, 1.82) is 0 Å². The highest BCUT2D eigenvalue weighted by Gasteiger charge is 2.21. The quantitative estimate of drug-likeness (QED) is 0.851. The van der Waals surface area contributed by atoms with Crippen molar-refractivity contribution >= 4 is 29.0 Å². The first-order chi connectivity index (χ1) is 11.9. The summed E-state index contributed by atoms with van der Waals surface area (Å²) in [4.78, 5) is 16.7. The van der Waals surface area contributed by atoms with E-state index in [1.807, 2.05) is 24.0 Å². The molecule has 0 saturated carbocycles. The minimum Gasteiger partial charge on any atom is -0.368 e. The molecule has 0 radical (unpaired) electrons. The van der Waals surface area contributed by atoms with Gasteiger partial charge in [0.1, 0.15) is 0 Å². The first-order valence-electron chi connectivity index (χ1n) is 8.58. The number of carbonyl (C=O) groups is 1. The van der Waals surface area contributed by atoms with E-state index >= 15 is 0 Å². The van der Waals surface area contributed by atoms with Crippen LogP contribution in [-0.2, 0) is 0 Å². The van der Waals surface area contributed by atoms with Gasteiger partial charge in [0.05, 0.1) is 0 Å². The van der Waals surface area contributed by atoms with Gasteiger partial charge in [0.15, 0.2) is 0 Å². The predicted octanol–water partition coefficient (Wildman–Crippen LogP) is 4.62. The van der Waals surface area contributed by atoms with Crippen LogP contribution >= 0.6 is 11.6 Å². The molecule has 2 aromatic rings. The Bertz CT molecular complexity index is 762. The molecule has 1 fully saturated rings. The monoisotopic (exact) mass is 357 g/mol. The number of anilines is 2. The molecule has 4 nitrogen and oxygen atoms in total. The minimum atomic E-state index is -0.0695. The fourth-order valence-corrected chi connectivity index (χ4v) is 3.35. The highest BCUT2D eigenvalue weighted by atomic mass is 35.5. The maximum Gasteiger partial charge on any atom is 0.321 e. The van der Waals surface area contributed by atoms with Crippen LogP contribution in [0.25, 0.3) is 0 Å². The summed E-state index contributed by atoms with van der Waals surface area (Å²) in [5, 5.41) is 3.60. The van der Waals surface area contributed by atoms with E-state index in [1.54, 1.807) is 6.07 Å². The van der Waals surface area contributed by atoms with Gasteiger partial charge >= 0.3 is 6.03 Å². The third kappa shape index (κ3) is 4.26. The van der Waals surface area contributed by atoms with Gasteiger partial charge in [-0.25, -0.2) is 4.79 Å². The second-order valence-electron chi connectivity index (χ2n) is 6.71. The summed E-state index contributed by atoms with van der Waals surface area (Å²) in [5.74, 6) is 0. The first-order valence-corrected chi connectivity index (χ1v) is 8.95.